The molecule has 5 nitrogen and oxygen atoms in total. The van der Waals surface area contributed by atoms with E-state index >= 15 is 0 Å². The van der Waals surface area contributed by atoms with Gasteiger partial charge < -0.3 is 19.5 Å². The maximum atomic E-state index is 11.3. The third-order valence-electron chi connectivity index (χ3n) is 6.73. The van der Waals surface area contributed by atoms with Crippen LogP contribution in [0.3, 0.4) is 0 Å². The molecule has 2 aliphatic rings. The number of rotatable bonds is 7. The summed E-state index contributed by atoms with van der Waals surface area (Å²) in [5.74, 6) is 1.82. The van der Waals surface area contributed by atoms with Gasteiger partial charge in [-0.1, -0.05) is 24.3 Å². The van der Waals surface area contributed by atoms with Crippen molar-refractivity contribution in [3.05, 3.63) is 65.7 Å². The van der Waals surface area contributed by atoms with E-state index in [2.05, 4.69) is 34.3 Å². The van der Waals surface area contributed by atoms with Gasteiger partial charge in [-0.25, -0.2) is 4.79 Å². The molecule has 0 spiro atoms. The minimum absolute atomic E-state index is 0.149. The molecule has 2 aromatic carbocycles. The van der Waals surface area contributed by atoms with Gasteiger partial charge in [-0.2, -0.15) is 0 Å². The Labute approximate surface area is 184 Å². The van der Waals surface area contributed by atoms with E-state index in [1.807, 2.05) is 24.3 Å². The Morgan fingerprint density at radius 2 is 2.03 bits per heavy atom. The van der Waals surface area contributed by atoms with Crippen LogP contribution in [-0.2, 0) is 19.9 Å². The van der Waals surface area contributed by atoms with Crippen LogP contribution in [0.1, 0.15) is 36.8 Å². The van der Waals surface area contributed by atoms with E-state index in [4.69, 9.17) is 9.47 Å². The van der Waals surface area contributed by atoms with Gasteiger partial charge in [0.15, 0.2) is 0 Å². The van der Waals surface area contributed by atoms with Gasteiger partial charge in [0.05, 0.1) is 19.8 Å². The van der Waals surface area contributed by atoms with Gasteiger partial charge in [0.2, 0.25) is 0 Å². The van der Waals surface area contributed by atoms with Gasteiger partial charge in [-0.15, -0.1) is 0 Å². The number of carbonyl (C=O) groups excluding carboxylic acids is 1. The lowest BCUT2D eigenvalue weighted by molar-refractivity contribution is -0.141. The molecule has 3 atom stereocenters. The number of anilines is 1. The standard InChI is InChI=1S/C26H31NO4/c1-29-24-9-7-22(8-10-24)26-14-12-21(20(17-26)13-15-31-26)18-27-23-5-3-4-19(16-23)6-11-25(28)30-2/h3-11,16,20-21,27H,12-15,17-18H2,1-2H3/b11-6+. The monoisotopic (exact) mass is 421 g/mol. The summed E-state index contributed by atoms with van der Waals surface area (Å²) in [6.45, 7) is 1.77. The smallest absolute Gasteiger partial charge is 0.330 e. The fraction of sp³-hybridized carbons (Fsp3) is 0.423. The highest BCUT2D eigenvalue weighted by Crippen LogP contribution is 2.49. The van der Waals surface area contributed by atoms with Crippen molar-refractivity contribution in [3.63, 3.8) is 0 Å². The lowest BCUT2D eigenvalue weighted by Gasteiger charge is -2.49. The maximum absolute atomic E-state index is 11.3. The van der Waals surface area contributed by atoms with Gasteiger partial charge in [0.25, 0.3) is 0 Å². The maximum Gasteiger partial charge on any atom is 0.330 e. The summed E-state index contributed by atoms with van der Waals surface area (Å²) in [6, 6.07) is 16.5. The number of benzene rings is 2. The fourth-order valence-corrected chi connectivity index (χ4v) is 4.96. The van der Waals surface area contributed by atoms with Crippen LogP contribution in [-0.4, -0.2) is 33.3 Å². The summed E-state index contributed by atoms with van der Waals surface area (Å²) in [5, 5.41) is 3.62. The molecule has 4 rings (SSSR count). The van der Waals surface area contributed by atoms with Crippen molar-refractivity contribution >= 4 is 17.7 Å². The third kappa shape index (κ3) is 4.93. The number of hydrogen-bond donors (Lipinski definition) is 1. The molecule has 5 heteroatoms. The lowest BCUT2D eigenvalue weighted by Crippen LogP contribution is -2.45. The summed E-state index contributed by atoms with van der Waals surface area (Å²) in [5.41, 5.74) is 3.17. The highest BCUT2D eigenvalue weighted by molar-refractivity contribution is 5.87. The van der Waals surface area contributed by atoms with Crippen LogP contribution < -0.4 is 10.1 Å². The van der Waals surface area contributed by atoms with Crippen molar-refractivity contribution in [3.8, 4) is 5.75 Å². The van der Waals surface area contributed by atoms with Crippen LogP contribution in [0, 0.1) is 11.8 Å². The predicted octanol–water partition coefficient (Wildman–Crippen LogP) is 5.03. The number of carbonyl (C=O) groups is 1. The number of nitrogens with one attached hydrogen (secondary N) is 1. The van der Waals surface area contributed by atoms with Gasteiger partial charge in [0, 0.05) is 24.9 Å². The molecule has 1 saturated carbocycles. The van der Waals surface area contributed by atoms with E-state index in [0.717, 1.165) is 55.8 Å². The topological polar surface area (TPSA) is 56.8 Å². The van der Waals surface area contributed by atoms with Gasteiger partial charge in [-0.05, 0) is 79.0 Å². The zero-order valence-corrected chi connectivity index (χ0v) is 18.3. The second-order valence-electron chi connectivity index (χ2n) is 8.49. The van der Waals surface area contributed by atoms with Crippen LogP contribution in [0.4, 0.5) is 5.69 Å². The number of esters is 1. The molecule has 2 fully saturated rings. The summed E-state index contributed by atoms with van der Waals surface area (Å²) in [6.07, 6.45) is 7.61. The quantitative estimate of drug-likeness (QED) is 0.502. The van der Waals surface area contributed by atoms with Crippen LogP contribution >= 0.6 is 0 Å². The third-order valence-corrected chi connectivity index (χ3v) is 6.73. The number of ether oxygens (including phenoxy) is 3. The molecule has 0 radical (unpaired) electrons. The van der Waals surface area contributed by atoms with Gasteiger partial charge in [0.1, 0.15) is 5.75 Å². The molecule has 1 N–H and O–H groups in total. The molecule has 1 saturated heterocycles. The first-order valence-corrected chi connectivity index (χ1v) is 11.0. The van der Waals surface area contributed by atoms with Gasteiger partial charge >= 0.3 is 5.97 Å². The first-order chi connectivity index (χ1) is 15.1. The summed E-state index contributed by atoms with van der Waals surface area (Å²) < 4.78 is 16.3. The molecule has 3 unspecified atom stereocenters. The molecule has 2 aromatic rings. The van der Waals surface area contributed by atoms with Gasteiger partial charge in [-0.3, -0.25) is 0 Å². The fourth-order valence-electron chi connectivity index (χ4n) is 4.96. The van der Waals surface area contributed by atoms with E-state index in [0.29, 0.717) is 11.8 Å². The average Bonchev–Trinajstić information content (AvgIpc) is 2.82. The first kappa shape index (κ1) is 21.4. The molecule has 2 bridgehead atoms. The normalized spacial score (nSPS) is 25.2. The largest absolute Gasteiger partial charge is 0.497 e. The van der Waals surface area contributed by atoms with Crippen molar-refractivity contribution in [2.75, 3.05) is 32.7 Å². The Kier molecular flexibility index (Phi) is 6.62. The SMILES string of the molecule is COC(=O)/C=C/c1cccc(NCC2CCC3(c4ccc(OC)cc4)CC2CCO3)c1. The molecule has 31 heavy (non-hydrogen) atoms. The average molecular weight is 422 g/mol. The summed E-state index contributed by atoms with van der Waals surface area (Å²) in [7, 11) is 3.08. The second kappa shape index (κ2) is 9.56. The number of methoxy groups -OCH3 is 2. The van der Waals surface area contributed by atoms with Crippen LogP contribution in [0.15, 0.2) is 54.6 Å². The molecule has 1 aliphatic heterocycles. The molecule has 0 amide bonds. The van der Waals surface area contributed by atoms with Crippen molar-refractivity contribution in [2.45, 2.75) is 31.3 Å². The van der Waals surface area contributed by atoms with Crippen LogP contribution in [0.5, 0.6) is 5.75 Å². The molecular formula is C26H31NO4. The Morgan fingerprint density at radius 3 is 2.81 bits per heavy atom. The van der Waals surface area contributed by atoms with Crippen LogP contribution in [0.2, 0.25) is 0 Å². The second-order valence-corrected chi connectivity index (χ2v) is 8.49. The van der Waals surface area contributed by atoms with E-state index in [1.54, 1.807) is 13.2 Å². The van der Waals surface area contributed by atoms with Crippen molar-refractivity contribution < 1.29 is 19.0 Å². The Balaban J connectivity index is 1.38. The molecule has 0 aromatic heterocycles. The Morgan fingerprint density at radius 1 is 1.19 bits per heavy atom. The minimum atomic E-state index is -0.347. The van der Waals surface area contributed by atoms with E-state index in [1.165, 1.54) is 18.7 Å². The van der Waals surface area contributed by atoms with Crippen molar-refractivity contribution in [2.24, 2.45) is 11.8 Å². The zero-order chi connectivity index (χ0) is 21.7. The number of fused-ring (bicyclic) bond motifs is 2. The molecule has 1 aliphatic carbocycles. The van der Waals surface area contributed by atoms with E-state index in [9.17, 15) is 4.79 Å². The lowest BCUT2D eigenvalue weighted by atomic mass is 9.66. The van der Waals surface area contributed by atoms with E-state index in [-0.39, 0.29) is 11.6 Å². The molecule has 164 valence electrons. The zero-order valence-electron chi connectivity index (χ0n) is 18.3. The molecular weight excluding hydrogens is 390 g/mol. The van der Waals surface area contributed by atoms with Crippen molar-refractivity contribution in [1.29, 1.82) is 0 Å². The highest BCUT2D eigenvalue weighted by atomic mass is 16.5. The summed E-state index contributed by atoms with van der Waals surface area (Å²) in [4.78, 5) is 11.3. The minimum Gasteiger partial charge on any atom is -0.497 e. The first-order valence-electron chi connectivity index (χ1n) is 11.0. The van der Waals surface area contributed by atoms with Crippen molar-refractivity contribution in [1.82, 2.24) is 0 Å². The highest BCUT2D eigenvalue weighted by Gasteiger charge is 2.45. The molecule has 1 heterocycles. The Bertz CT molecular complexity index is 923. The summed E-state index contributed by atoms with van der Waals surface area (Å²) >= 11 is 0. The van der Waals surface area contributed by atoms with E-state index < -0.39 is 0 Å². The van der Waals surface area contributed by atoms with Crippen LogP contribution in [0.25, 0.3) is 6.08 Å². The Hall–Kier alpha value is -2.79. The predicted molar refractivity (Wildman–Crippen MR) is 122 cm³/mol. The number of hydrogen-bond acceptors (Lipinski definition) is 5.